The van der Waals surface area contributed by atoms with Crippen molar-refractivity contribution in [2.75, 3.05) is 0 Å². The van der Waals surface area contributed by atoms with Crippen LogP contribution in [0.25, 0.3) is 0 Å². The topological polar surface area (TPSA) is 56.0 Å². The van der Waals surface area contributed by atoms with Crippen LogP contribution in [0.15, 0.2) is 4.52 Å². The van der Waals surface area contributed by atoms with Gasteiger partial charge in [-0.2, -0.15) is 18.2 Å². The Balaban J connectivity index is 2.65. The molecule has 0 bridgehead atoms. The Hall–Kier alpha value is -1.40. The van der Waals surface area contributed by atoms with E-state index >= 15 is 0 Å². The number of carbonyl (C=O) groups excluding carboxylic acids is 1. The monoisotopic (exact) mass is 194 g/mol. The molecule has 1 aromatic heterocycles. The van der Waals surface area contributed by atoms with Gasteiger partial charge in [-0.15, -0.1) is 0 Å². The van der Waals surface area contributed by atoms with Gasteiger partial charge in [-0.3, -0.25) is 4.79 Å². The summed E-state index contributed by atoms with van der Waals surface area (Å²) >= 11 is 0. The molecule has 13 heavy (non-hydrogen) atoms. The molecule has 0 unspecified atom stereocenters. The predicted molar refractivity (Wildman–Crippen MR) is 33.8 cm³/mol. The first-order valence-electron chi connectivity index (χ1n) is 3.29. The number of hydrogen-bond acceptors (Lipinski definition) is 4. The van der Waals surface area contributed by atoms with Gasteiger partial charge in [-0.05, 0) is 6.92 Å². The number of aryl methyl sites for hydroxylation is 1. The Bertz CT molecular complexity index is 318. The lowest BCUT2D eigenvalue weighted by Crippen LogP contribution is -2.24. The van der Waals surface area contributed by atoms with Crippen molar-refractivity contribution in [2.45, 2.75) is 19.5 Å². The maximum atomic E-state index is 11.7. The van der Waals surface area contributed by atoms with Gasteiger partial charge in [-0.1, -0.05) is 5.16 Å². The van der Waals surface area contributed by atoms with Crippen LogP contribution in [0.3, 0.4) is 0 Å². The average Bonchev–Trinajstić information content (AvgIpc) is 2.33. The van der Waals surface area contributed by atoms with Gasteiger partial charge in [0.1, 0.15) is 0 Å². The van der Waals surface area contributed by atoms with E-state index in [2.05, 4.69) is 14.7 Å². The number of rotatable bonds is 2. The fourth-order valence-corrected chi connectivity index (χ4v) is 0.649. The van der Waals surface area contributed by atoms with E-state index in [4.69, 9.17) is 0 Å². The summed E-state index contributed by atoms with van der Waals surface area (Å²) in [4.78, 5) is 13.9. The van der Waals surface area contributed by atoms with Crippen molar-refractivity contribution in [1.82, 2.24) is 10.1 Å². The zero-order valence-corrected chi connectivity index (χ0v) is 6.55. The van der Waals surface area contributed by atoms with Gasteiger partial charge in [0, 0.05) is 0 Å². The molecule has 0 amide bonds. The van der Waals surface area contributed by atoms with Crippen LogP contribution in [0.1, 0.15) is 11.7 Å². The summed E-state index contributed by atoms with van der Waals surface area (Å²) in [5.41, 5.74) is 0. The lowest BCUT2D eigenvalue weighted by atomic mass is 10.3. The van der Waals surface area contributed by atoms with Crippen molar-refractivity contribution in [3.63, 3.8) is 0 Å². The molecule has 7 heteroatoms. The number of hydrogen-bond donors (Lipinski definition) is 0. The first-order chi connectivity index (χ1) is 5.89. The van der Waals surface area contributed by atoms with Crippen LogP contribution >= 0.6 is 0 Å². The minimum absolute atomic E-state index is 0.199. The lowest BCUT2D eigenvalue weighted by Gasteiger charge is -2.00. The second-order valence-corrected chi connectivity index (χ2v) is 2.33. The van der Waals surface area contributed by atoms with E-state index in [1.807, 2.05) is 0 Å². The van der Waals surface area contributed by atoms with Crippen LogP contribution in [0.5, 0.6) is 0 Å². The molecule has 0 aromatic carbocycles. The molecule has 0 radical (unpaired) electrons. The van der Waals surface area contributed by atoms with Crippen LogP contribution in [-0.2, 0) is 11.2 Å². The Morgan fingerprint density at radius 2 is 2.15 bits per heavy atom. The predicted octanol–water partition coefficient (Wildman–Crippen LogP) is 1.05. The van der Waals surface area contributed by atoms with Crippen molar-refractivity contribution in [3.8, 4) is 0 Å². The molecule has 1 aromatic rings. The Morgan fingerprint density at radius 3 is 2.54 bits per heavy atom. The molecule has 0 aliphatic rings. The van der Waals surface area contributed by atoms with E-state index in [0.29, 0.717) is 0 Å². The van der Waals surface area contributed by atoms with Gasteiger partial charge >= 0.3 is 6.18 Å². The molecule has 0 atom stereocenters. The van der Waals surface area contributed by atoms with Crippen LogP contribution in [0.4, 0.5) is 13.2 Å². The highest BCUT2D eigenvalue weighted by atomic mass is 19.4. The van der Waals surface area contributed by atoms with Crippen LogP contribution in [-0.4, -0.2) is 22.1 Å². The Labute approximate surface area is 70.7 Å². The number of alkyl halides is 3. The molecular weight excluding hydrogens is 189 g/mol. The standard InChI is InChI=1S/C6H5F3N2O2/c1-3-10-5(13-11-3)2-4(12)6(7,8)9/h2H2,1H3. The Morgan fingerprint density at radius 1 is 1.54 bits per heavy atom. The number of Topliss-reactive ketones (excluding diaryl/α,β-unsaturated/α-hetero) is 1. The molecule has 72 valence electrons. The van der Waals surface area contributed by atoms with Crippen LogP contribution in [0.2, 0.25) is 0 Å². The number of aromatic nitrogens is 2. The second-order valence-electron chi connectivity index (χ2n) is 2.33. The van der Waals surface area contributed by atoms with Gasteiger partial charge in [0.2, 0.25) is 11.7 Å². The Kier molecular flexibility index (Phi) is 2.35. The third-order valence-electron chi connectivity index (χ3n) is 1.20. The molecule has 1 heterocycles. The first-order valence-corrected chi connectivity index (χ1v) is 3.29. The molecule has 1 rings (SSSR count). The number of ketones is 1. The maximum absolute atomic E-state index is 11.7. The van der Waals surface area contributed by atoms with Gasteiger partial charge in [-0.25, -0.2) is 0 Å². The third kappa shape index (κ3) is 2.53. The van der Waals surface area contributed by atoms with Crippen molar-refractivity contribution in [1.29, 1.82) is 0 Å². The van der Waals surface area contributed by atoms with Crippen molar-refractivity contribution in [2.24, 2.45) is 0 Å². The highest BCUT2D eigenvalue weighted by Gasteiger charge is 2.38. The molecule has 0 aliphatic carbocycles. The maximum Gasteiger partial charge on any atom is 0.450 e. The average molecular weight is 194 g/mol. The number of nitrogens with zero attached hydrogens (tertiary/aromatic N) is 2. The van der Waals surface area contributed by atoms with Gasteiger partial charge < -0.3 is 4.52 Å². The quantitative estimate of drug-likeness (QED) is 0.706. The minimum Gasteiger partial charge on any atom is -0.339 e. The minimum atomic E-state index is -4.84. The highest BCUT2D eigenvalue weighted by molar-refractivity contribution is 5.85. The number of carbonyl (C=O) groups is 1. The SMILES string of the molecule is Cc1noc(CC(=O)C(F)(F)F)n1. The highest BCUT2D eigenvalue weighted by Crippen LogP contribution is 2.17. The molecular formula is C6H5F3N2O2. The third-order valence-corrected chi connectivity index (χ3v) is 1.20. The summed E-state index contributed by atoms with van der Waals surface area (Å²) in [6.45, 7) is 1.45. The summed E-state index contributed by atoms with van der Waals surface area (Å²) in [5, 5.41) is 3.25. The summed E-state index contributed by atoms with van der Waals surface area (Å²) in [6.07, 6.45) is -5.74. The first kappa shape index (κ1) is 9.69. The molecule has 0 aliphatic heterocycles. The van der Waals surface area contributed by atoms with Gasteiger partial charge in [0.25, 0.3) is 0 Å². The summed E-state index contributed by atoms with van der Waals surface area (Å²) in [6, 6.07) is 0. The van der Waals surface area contributed by atoms with Crippen molar-refractivity contribution in [3.05, 3.63) is 11.7 Å². The molecule has 0 spiro atoms. The van der Waals surface area contributed by atoms with Gasteiger partial charge in [0.05, 0.1) is 6.42 Å². The van der Waals surface area contributed by atoms with E-state index in [-0.39, 0.29) is 11.7 Å². The number of halogens is 3. The molecule has 0 fully saturated rings. The van der Waals surface area contributed by atoms with Crippen molar-refractivity contribution < 1.29 is 22.5 Å². The normalized spacial score (nSPS) is 11.7. The van der Waals surface area contributed by atoms with E-state index < -0.39 is 18.4 Å². The molecule has 0 N–H and O–H groups in total. The van der Waals surface area contributed by atoms with Gasteiger partial charge in [0.15, 0.2) is 5.82 Å². The van der Waals surface area contributed by atoms with Crippen molar-refractivity contribution >= 4 is 5.78 Å². The lowest BCUT2D eigenvalue weighted by molar-refractivity contribution is -0.170. The van der Waals surface area contributed by atoms with E-state index in [9.17, 15) is 18.0 Å². The fraction of sp³-hybridized carbons (Fsp3) is 0.500. The summed E-state index contributed by atoms with van der Waals surface area (Å²) in [7, 11) is 0. The summed E-state index contributed by atoms with van der Waals surface area (Å²) < 4.78 is 39.5. The second kappa shape index (κ2) is 3.15. The van der Waals surface area contributed by atoms with Crippen LogP contribution in [0, 0.1) is 6.92 Å². The molecule has 0 saturated carbocycles. The zero-order chi connectivity index (χ0) is 10.1. The van der Waals surface area contributed by atoms with E-state index in [1.54, 1.807) is 0 Å². The van der Waals surface area contributed by atoms with E-state index in [1.165, 1.54) is 6.92 Å². The summed E-state index contributed by atoms with van der Waals surface area (Å²) in [5.74, 6) is -2.01. The zero-order valence-electron chi connectivity index (χ0n) is 6.55. The van der Waals surface area contributed by atoms with E-state index in [0.717, 1.165) is 0 Å². The smallest absolute Gasteiger partial charge is 0.339 e. The largest absolute Gasteiger partial charge is 0.450 e. The molecule has 4 nitrogen and oxygen atoms in total. The fourth-order valence-electron chi connectivity index (χ4n) is 0.649. The molecule has 0 saturated heterocycles. The van der Waals surface area contributed by atoms with Crippen LogP contribution < -0.4 is 0 Å².